The van der Waals surface area contributed by atoms with E-state index >= 15 is 0 Å². The van der Waals surface area contributed by atoms with Gasteiger partial charge in [0, 0.05) is 25.2 Å². The van der Waals surface area contributed by atoms with Crippen LogP contribution in [0.5, 0.6) is 0 Å². The van der Waals surface area contributed by atoms with E-state index in [9.17, 15) is 22.0 Å². The van der Waals surface area contributed by atoms with Gasteiger partial charge in [0.15, 0.2) is 0 Å². The third kappa shape index (κ3) is 3.84. The van der Waals surface area contributed by atoms with E-state index in [-0.39, 0.29) is 13.0 Å². The lowest BCUT2D eigenvalue weighted by molar-refractivity contribution is -0.137. The average Bonchev–Trinajstić information content (AvgIpc) is 2.36. The molecule has 0 amide bonds. The normalized spacial score (nSPS) is 18.9. The Labute approximate surface area is 119 Å². The van der Waals surface area contributed by atoms with Crippen LogP contribution in [0.15, 0.2) is 18.2 Å². The molecule has 1 saturated heterocycles. The van der Waals surface area contributed by atoms with Crippen molar-refractivity contribution in [3.8, 4) is 0 Å². The summed E-state index contributed by atoms with van der Waals surface area (Å²) in [6.07, 6.45) is -4.29. The first-order valence-corrected chi connectivity index (χ1v) is 6.70. The first-order valence-electron chi connectivity index (χ1n) is 6.70. The standard InChI is InChI=1S/C14H17F5N2/c1-20-8-10-7-11(14(17,18)19)3-4-12(10)21-6-2-5-13(15,16)9-21/h3-4,7,20H,2,5-6,8-9H2,1H3. The fourth-order valence-electron chi connectivity index (χ4n) is 2.57. The zero-order chi connectivity index (χ0) is 15.7. The van der Waals surface area contributed by atoms with Crippen molar-refractivity contribution in [3.63, 3.8) is 0 Å². The minimum absolute atomic E-state index is 0.175. The monoisotopic (exact) mass is 308 g/mol. The van der Waals surface area contributed by atoms with Gasteiger partial charge in [0.25, 0.3) is 5.92 Å². The average molecular weight is 308 g/mol. The molecule has 1 heterocycles. The van der Waals surface area contributed by atoms with Crippen molar-refractivity contribution in [1.82, 2.24) is 5.32 Å². The second-order valence-electron chi connectivity index (χ2n) is 5.25. The van der Waals surface area contributed by atoms with E-state index in [4.69, 9.17) is 0 Å². The number of halogens is 5. The number of anilines is 1. The molecule has 0 unspecified atom stereocenters. The Morgan fingerprint density at radius 3 is 2.57 bits per heavy atom. The molecule has 2 nitrogen and oxygen atoms in total. The molecule has 21 heavy (non-hydrogen) atoms. The molecule has 0 aliphatic carbocycles. The third-order valence-corrected chi connectivity index (χ3v) is 3.51. The van der Waals surface area contributed by atoms with Crippen LogP contribution >= 0.6 is 0 Å². The molecule has 0 aromatic heterocycles. The summed E-state index contributed by atoms with van der Waals surface area (Å²) in [6, 6.07) is 3.26. The predicted octanol–water partition coefficient (Wildman–Crippen LogP) is 3.66. The van der Waals surface area contributed by atoms with E-state index in [0.717, 1.165) is 12.1 Å². The van der Waals surface area contributed by atoms with Gasteiger partial charge in [-0.05, 0) is 37.2 Å². The molecule has 118 valence electrons. The highest BCUT2D eigenvalue weighted by molar-refractivity contribution is 5.56. The van der Waals surface area contributed by atoms with E-state index in [1.807, 2.05) is 0 Å². The van der Waals surface area contributed by atoms with Crippen molar-refractivity contribution in [2.45, 2.75) is 31.5 Å². The van der Waals surface area contributed by atoms with E-state index in [0.29, 0.717) is 24.2 Å². The summed E-state index contributed by atoms with van der Waals surface area (Å²) in [4.78, 5) is 1.47. The fraction of sp³-hybridized carbons (Fsp3) is 0.571. The van der Waals surface area contributed by atoms with Crippen molar-refractivity contribution in [2.24, 2.45) is 0 Å². The van der Waals surface area contributed by atoms with Crippen LogP contribution in [-0.2, 0) is 12.7 Å². The Hall–Kier alpha value is -1.37. The van der Waals surface area contributed by atoms with E-state index in [1.165, 1.54) is 11.0 Å². The van der Waals surface area contributed by atoms with Gasteiger partial charge < -0.3 is 10.2 Å². The molecular weight excluding hydrogens is 291 g/mol. The molecule has 1 fully saturated rings. The number of rotatable bonds is 3. The molecular formula is C14H17F5N2. The fourth-order valence-corrected chi connectivity index (χ4v) is 2.57. The molecule has 0 spiro atoms. The Morgan fingerprint density at radius 1 is 1.29 bits per heavy atom. The van der Waals surface area contributed by atoms with Crippen molar-refractivity contribution in [1.29, 1.82) is 0 Å². The summed E-state index contributed by atoms with van der Waals surface area (Å²) in [6.45, 7) is 0.175. The molecule has 7 heteroatoms. The summed E-state index contributed by atoms with van der Waals surface area (Å²) in [7, 11) is 1.61. The van der Waals surface area contributed by atoms with Crippen molar-refractivity contribution < 1.29 is 22.0 Å². The quantitative estimate of drug-likeness (QED) is 0.857. The van der Waals surface area contributed by atoms with Gasteiger partial charge in [0.1, 0.15) is 0 Å². The molecule has 0 atom stereocenters. The Balaban J connectivity index is 2.34. The highest BCUT2D eigenvalue weighted by atomic mass is 19.4. The van der Waals surface area contributed by atoms with Gasteiger partial charge in [-0.1, -0.05) is 0 Å². The molecule has 1 N–H and O–H groups in total. The maximum atomic E-state index is 13.5. The highest BCUT2D eigenvalue weighted by Crippen LogP contribution is 2.35. The van der Waals surface area contributed by atoms with Crippen molar-refractivity contribution >= 4 is 5.69 Å². The number of benzene rings is 1. The Kier molecular flexibility index (Phi) is 4.41. The lowest BCUT2D eigenvalue weighted by atomic mass is 10.0. The van der Waals surface area contributed by atoms with Crippen LogP contribution in [-0.4, -0.2) is 26.1 Å². The molecule has 0 bridgehead atoms. The molecule has 1 aromatic carbocycles. The summed E-state index contributed by atoms with van der Waals surface area (Å²) in [5.41, 5.74) is 0.0574. The van der Waals surface area contributed by atoms with Crippen molar-refractivity contribution in [3.05, 3.63) is 29.3 Å². The van der Waals surface area contributed by atoms with E-state index < -0.39 is 24.2 Å². The van der Waals surface area contributed by atoms with E-state index in [1.54, 1.807) is 7.05 Å². The molecule has 0 saturated carbocycles. The maximum Gasteiger partial charge on any atom is 0.416 e. The lowest BCUT2D eigenvalue weighted by Gasteiger charge is -2.35. The first kappa shape index (κ1) is 16.0. The zero-order valence-electron chi connectivity index (χ0n) is 11.6. The van der Waals surface area contributed by atoms with Crippen LogP contribution in [0.2, 0.25) is 0 Å². The number of hydrogen-bond acceptors (Lipinski definition) is 2. The number of alkyl halides is 5. The van der Waals surface area contributed by atoms with Gasteiger partial charge in [-0.2, -0.15) is 13.2 Å². The van der Waals surface area contributed by atoms with E-state index in [2.05, 4.69) is 5.32 Å². The predicted molar refractivity (Wildman–Crippen MR) is 70.6 cm³/mol. The zero-order valence-corrected chi connectivity index (χ0v) is 11.6. The topological polar surface area (TPSA) is 15.3 Å². The smallest absolute Gasteiger partial charge is 0.365 e. The maximum absolute atomic E-state index is 13.5. The van der Waals surface area contributed by atoms with Crippen LogP contribution in [0.1, 0.15) is 24.0 Å². The Bertz CT molecular complexity index is 499. The van der Waals surface area contributed by atoms with Gasteiger partial charge in [-0.3, -0.25) is 0 Å². The first-order chi connectivity index (χ1) is 9.73. The minimum atomic E-state index is -4.44. The third-order valence-electron chi connectivity index (χ3n) is 3.51. The van der Waals surface area contributed by atoms with Gasteiger partial charge in [-0.15, -0.1) is 0 Å². The lowest BCUT2D eigenvalue weighted by Crippen LogP contribution is -2.43. The molecule has 2 rings (SSSR count). The summed E-state index contributed by atoms with van der Waals surface area (Å²) in [5.74, 6) is -2.79. The Morgan fingerprint density at radius 2 is 2.00 bits per heavy atom. The largest absolute Gasteiger partial charge is 0.416 e. The molecule has 1 aromatic rings. The summed E-state index contributed by atoms with van der Waals surface area (Å²) in [5, 5.41) is 2.78. The summed E-state index contributed by atoms with van der Waals surface area (Å²) >= 11 is 0. The number of nitrogens with zero attached hydrogens (tertiary/aromatic N) is 1. The second-order valence-corrected chi connectivity index (χ2v) is 5.25. The molecule has 1 aliphatic heterocycles. The van der Waals surface area contributed by atoms with Crippen LogP contribution in [0.3, 0.4) is 0 Å². The number of hydrogen-bond donors (Lipinski definition) is 1. The molecule has 1 aliphatic rings. The van der Waals surface area contributed by atoms with Crippen LogP contribution in [0, 0.1) is 0 Å². The number of piperidine rings is 1. The highest BCUT2D eigenvalue weighted by Gasteiger charge is 2.36. The SMILES string of the molecule is CNCc1cc(C(F)(F)F)ccc1N1CCCC(F)(F)C1. The van der Waals surface area contributed by atoms with Gasteiger partial charge >= 0.3 is 6.18 Å². The van der Waals surface area contributed by atoms with Gasteiger partial charge in [0.2, 0.25) is 0 Å². The number of nitrogens with one attached hydrogen (secondary N) is 1. The minimum Gasteiger partial charge on any atom is -0.365 e. The molecule has 0 radical (unpaired) electrons. The van der Waals surface area contributed by atoms with Gasteiger partial charge in [0.05, 0.1) is 12.1 Å². The summed E-state index contributed by atoms with van der Waals surface area (Å²) < 4.78 is 65.2. The van der Waals surface area contributed by atoms with Crippen molar-refractivity contribution in [2.75, 3.05) is 25.0 Å². The van der Waals surface area contributed by atoms with Crippen LogP contribution in [0.25, 0.3) is 0 Å². The van der Waals surface area contributed by atoms with Gasteiger partial charge in [-0.25, -0.2) is 8.78 Å². The van der Waals surface area contributed by atoms with Crippen LogP contribution < -0.4 is 10.2 Å². The second kappa shape index (κ2) is 5.79. The van der Waals surface area contributed by atoms with Crippen LogP contribution in [0.4, 0.5) is 27.6 Å².